The first-order valence-electron chi connectivity index (χ1n) is 7.77. The zero-order valence-corrected chi connectivity index (χ0v) is 13.2. The number of rotatable bonds is 8. The molecular formula is C15H28N2O3. The van der Waals surface area contributed by atoms with Crippen molar-refractivity contribution in [2.45, 2.75) is 65.0 Å². The van der Waals surface area contributed by atoms with Crippen molar-refractivity contribution in [3.05, 3.63) is 0 Å². The lowest BCUT2D eigenvalue weighted by atomic mass is 9.85. The molecule has 0 aromatic heterocycles. The van der Waals surface area contributed by atoms with Gasteiger partial charge in [-0.1, -0.05) is 27.7 Å². The Morgan fingerprint density at radius 1 is 1.15 bits per heavy atom. The number of nitrogens with zero attached hydrogens (tertiary/aromatic N) is 1. The van der Waals surface area contributed by atoms with E-state index in [-0.39, 0.29) is 17.9 Å². The summed E-state index contributed by atoms with van der Waals surface area (Å²) in [7, 11) is 0. The predicted octanol–water partition coefficient (Wildman–Crippen LogP) is 1.71. The average Bonchev–Trinajstić information content (AvgIpc) is 2.47. The molecule has 0 bridgehead atoms. The third kappa shape index (κ3) is 3.14. The van der Waals surface area contributed by atoms with Gasteiger partial charge in [0.1, 0.15) is 11.6 Å². The summed E-state index contributed by atoms with van der Waals surface area (Å²) < 4.78 is 5.49. The fourth-order valence-electron chi connectivity index (χ4n) is 2.83. The molecule has 1 unspecified atom stereocenters. The molecule has 1 fully saturated rings. The van der Waals surface area contributed by atoms with Crippen LogP contribution in [0.1, 0.15) is 53.4 Å². The second-order valence-electron chi connectivity index (χ2n) is 5.28. The van der Waals surface area contributed by atoms with Gasteiger partial charge in [0.05, 0.1) is 6.61 Å². The first kappa shape index (κ1) is 17.0. The topological polar surface area (TPSA) is 58.6 Å². The number of hydrogen-bond acceptors (Lipinski definition) is 3. The highest BCUT2D eigenvalue weighted by molar-refractivity contribution is 5.99. The summed E-state index contributed by atoms with van der Waals surface area (Å²) in [4.78, 5) is 26.7. The molecule has 0 aromatic carbocycles. The summed E-state index contributed by atoms with van der Waals surface area (Å²) in [6.45, 7) is 9.56. The van der Waals surface area contributed by atoms with E-state index in [1.165, 1.54) is 0 Å². The van der Waals surface area contributed by atoms with Crippen LogP contribution in [0.2, 0.25) is 0 Å². The first-order chi connectivity index (χ1) is 9.57. The summed E-state index contributed by atoms with van der Waals surface area (Å²) in [5.74, 6) is 0.000315. The van der Waals surface area contributed by atoms with E-state index < -0.39 is 5.54 Å². The van der Waals surface area contributed by atoms with Gasteiger partial charge in [-0.15, -0.1) is 0 Å². The maximum Gasteiger partial charge on any atom is 0.246 e. The van der Waals surface area contributed by atoms with Gasteiger partial charge in [0.15, 0.2) is 0 Å². The molecule has 0 spiro atoms. The van der Waals surface area contributed by atoms with Crippen LogP contribution >= 0.6 is 0 Å². The normalized spacial score (nSPS) is 22.0. The second-order valence-corrected chi connectivity index (χ2v) is 5.28. The summed E-state index contributed by atoms with van der Waals surface area (Å²) in [6, 6.07) is -0.389. The van der Waals surface area contributed by atoms with Crippen LogP contribution in [-0.2, 0) is 14.3 Å². The lowest BCUT2D eigenvalue weighted by molar-refractivity contribution is -0.159. The van der Waals surface area contributed by atoms with E-state index in [0.29, 0.717) is 39.0 Å². The molecule has 0 radical (unpaired) electrons. The maximum absolute atomic E-state index is 12.6. The largest absolute Gasteiger partial charge is 0.380 e. The van der Waals surface area contributed by atoms with Crippen molar-refractivity contribution in [3.8, 4) is 0 Å². The van der Waals surface area contributed by atoms with Crippen LogP contribution in [0.25, 0.3) is 0 Å². The third-order valence-corrected chi connectivity index (χ3v) is 4.19. The van der Waals surface area contributed by atoms with Gasteiger partial charge in [-0.25, -0.2) is 0 Å². The smallest absolute Gasteiger partial charge is 0.246 e. The SMILES string of the molecule is CCCOCCN1C(=O)C(CC)NC(=O)C1(CC)CC. The quantitative estimate of drug-likeness (QED) is 0.690. The Hall–Kier alpha value is -1.10. The van der Waals surface area contributed by atoms with Crippen molar-refractivity contribution in [2.75, 3.05) is 19.8 Å². The van der Waals surface area contributed by atoms with E-state index in [9.17, 15) is 9.59 Å². The number of carbonyl (C=O) groups is 2. The number of amides is 2. The van der Waals surface area contributed by atoms with Crippen molar-refractivity contribution in [1.29, 1.82) is 0 Å². The Bertz CT molecular complexity index is 340. The zero-order valence-electron chi connectivity index (χ0n) is 13.2. The maximum atomic E-state index is 12.6. The highest BCUT2D eigenvalue weighted by Crippen LogP contribution is 2.29. The highest BCUT2D eigenvalue weighted by atomic mass is 16.5. The molecule has 1 N–H and O–H groups in total. The fourth-order valence-corrected chi connectivity index (χ4v) is 2.83. The molecule has 1 atom stereocenters. The number of piperazine rings is 1. The minimum absolute atomic E-state index is 0.0237. The van der Waals surface area contributed by atoms with Gasteiger partial charge < -0.3 is 15.0 Å². The third-order valence-electron chi connectivity index (χ3n) is 4.19. The predicted molar refractivity (Wildman–Crippen MR) is 78.4 cm³/mol. The Morgan fingerprint density at radius 2 is 1.80 bits per heavy atom. The molecule has 20 heavy (non-hydrogen) atoms. The van der Waals surface area contributed by atoms with E-state index in [1.807, 2.05) is 20.8 Å². The van der Waals surface area contributed by atoms with Crippen LogP contribution in [0.3, 0.4) is 0 Å². The minimum Gasteiger partial charge on any atom is -0.380 e. The Kier molecular flexibility index (Phi) is 6.46. The van der Waals surface area contributed by atoms with E-state index in [2.05, 4.69) is 12.2 Å². The van der Waals surface area contributed by atoms with Gasteiger partial charge in [0, 0.05) is 13.2 Å². The fraction of sp³-hybridized carbons (Fsp3) is 0.867. The van der Waals surface area contributed by atoms with Gasteiger partial charge in [-0.3, -0.25) is 9.59 Å². The van der Waals surface area contributed by atoms with E-state index in [1.54, 1.807) is 4.90 Å². The molecule has 0 aliphatic carbocycles. The molecular weight excluding hydrogens is 256 g/mol. The summed E-state index contributed by atoms with van der Waals surface area (Å²) in [5.41, 5.74) is -0.710. The van der Waals surface area contributed by atoms with Crippen LogP contribution < -0.4 is 5.32 Å². The molecule has 5 nitrogen and oxygen atoms in total. The number of nitrogens with one attached hydrogen (secondary N) is 1. The molecule has 1 rings (SSSR count). The number of carbonyl (C=O) groups excluding carboxylic acids is 2. The molecule has 1 aliphatic heterocycles. The average molecular weight is 284 g/mol. The zero-order chi connectivity index (χ0) is 15.2. The Morgan fingerprint density at radius 3 is 2.30 bits per heavy atom. The lowest BCUT2D eigenvalue weighted by Crippen LogP contribution is -2.70. The van der Waals surface area contributed by atoms with Crippen LogP contribution in [0.5, 0.6) is 0 Å². The van der Waals surface area contributed by atoms with Crippen molar-refractivity contribution in [3.63, 3.8) is 0 Å². The molecule has 1 aliphatic rings. The van der Waals surface area contributed by atoms with Crippen LogP contribution in [0.4, 0.5) is 0 Å². The van der Waals surface area contributed by atoms with Crippen molar-refractivity contribution in [2.24, 2.45) is 0 Å². The van der Waals surface area contributed by atoms with Gasteiger partial charge >= 0.3 is 0 Å². The Balaban J connectivity index is 2.88. The van der Waals surface area contributed by atoms with Gasteiger partial charge in [-0.2, -0.15) is 0 Å². The first-order valence-corrected chi connectivity index (χ1v) is 7.77. The summed E-state index contributed by atoms with van der Waals surface area (Å²) in [5, 5.41) is 2.87. The molecule has 2 amide bonds. The Labute approximate surface area is 122 Å². The number of ether oxygens (including phenoxy) is 1. The van der Waals surface area contributed by atoms with Gasteiger partial charge in [0.2, 0.25) is 11.8 Å². The lowest BCUT2D eigenvalue weighted by Gasteiger charge is -2.47. The molecule has 0 aromatic rings. The van der Waals surface area contributed by atoms with Crippen molar-refractivity contribution in [1.82, 2.24) is 10.2 Å². The van der Waals surface area contributed by atoms with E-state index in [0.717, 1.165) is 6.42 Å². The molecule has 116 valence electrons. The van der Waals surface area contributed by atoms with Gasteiger partial charge in [-0.05, 0) is 25.7 Å². The van der Waals surface area contributed by atoms with Crippen molar-refractivity contribution < 1.29 is 14.3 Å². The number of hydrogen-bond donors (Lipinski definition) is 1. The van der Waals surface area contributed by atoms with Crippen molar-refractivity contribution >= 4 is 11.8 Å². The standard InChI is InChI=1S/C15H28N2O3/c1-5-10-20-11-9-17-13(18)12(6-2)16-14(19)15(17,7-3)8-4/h12H,5-11H2,1-4H3,(H,16,19). The summed E-state index contributed by atoms with van der Waals surface area (Å²) >= 11 is 0. The molecule has 1 saturated heterocycles. The summed E-state index contributed by atoms with van der Waals surface area (Å²) in [6.07, 6.45) is 2.84. The van der Waals surface area contributed by atoms with E-state index >= 15 is 0 Å². The van der Waals surface area contributed by atoms with Gasteiger partial charge in [0.25, 0.3) is 0 Å². The molecule has 1 heterocycles. The second kappa shape index (κ2) is 7.62. The molecule has 5 heteroatoms. The van der Waals surface area contributed by atoms with Crippen LogP contribution in [-0.4, -0.2) is 48.1 Å². The molecule has 0 saturated carbocycles. The van der Waals surface area contributed by atoms with E-state index in [4.69, 9.17) is 4.74 Å². The van der Waals surface area contributed by atoms with Crippen LogP contribution in [0, 0.1) is 0 Å². The highest BCUT2D eigenvalue weighted by Gasteiger charge is 2.49. The monoisotopic (exact) mass is 284 g/mol. The van der Waals surface area contributed by atoms with Crippen LogP contribution in [0.15, 0.2) is 0 Å². The minimum atomic E-state index is -0.710.